The van der Waals surface area contributed by atoms with Crippen molar-refractivity contribution in [2.45, 2.75) is 12.3 Å². The fourth-order valence-electron chi connectivity index (χ4n) is 5.34. The van der Waals surface area contributed by atoms with Crippen molar-refractivity contribution in [1.82, 2.24) is 5.32 Å². The van der Waals surface area contributed by atoms with Crippen molar-refractivity contribution in [2.24, 2.45) is 0 Å². The SMILES string of the molecule is Fc1ccccc1[C@@H]1Cc2ccc(Nc3ccc(N4CCNCC4)cc3)cc2-c2ccccc21. The Morgan fingerprint density at radius 2 is 1.44 bits per heavy atom. The molecule has 4 aromatic carbocycles. The second-order valence-corrected chi connectivity index (χ2v) is 9.15. The Balaban J connectivity index is 1.28. The van der Waals surface area contributed by atoms with Crippen LogP contribution in [-0.2, 0) is 6.42 Å². The molecule has 0 bridgehead atoms. The van der Waals surface area contributed by atoms with Gasteiger partial charge in [0.2, 0.25) is 0 Å². The molecule has 0 unspecified atom stereocenters. The topological polar surface area (TPSA) is 27.3 Å². The average Bonchev–Trinajstić information content (AvgIpc) is 2.90. The highest BCUT2D eigenvalue weighted by molar-refractivity contribution is 5.79. The van der Waals surface area contributed by atoms with E-state index in [0.717, 1.165) is 49.5 Å². The van der Waals surface area contributed by atoms with E-state index in [9.17, 15) is 4.39 Å². The van der Waals surface area contributed by atoms with E-state index in [2.05, 4.69) is 82.3 Å². The Kier molecular flexibility index (Phi) is 5.52. The predicted octanol–water partition coefficient (Wildman–Crippen LogP) is 6.33. The van der Waals surface area contributed by atoms with Gasteiger partial charge in [0.25, 0.3) is 0 Å². The predicted molar refractivity (Wildman–Crippen MR) is 139 cm³/mol. The molecule has 1 heterocycles. The molecule has 0 spiro atoms. The molecule has 4 heteroatoms. The van der Waals surface area contributed by atoms with Crippen LogP contribution in [-0.4, -0.2) is 26.2 Å². The first-order valence-corrected chi connectivity index (χ1v) is 12.1. The van der Waals surface area contributed by atoms with E-state index in [1.54, 1.807) is 12.1 Å². The molecule has 0 aromatic heterocycles. The van der Waals surface area contributed by atoms with Crippen LogP contribution >= 0.6 is 0 Å². The van der Waals surface area contributed by atoms with E-state index < -0.39 is 0 Å². The van der Waals surface area contributed by atoms with E-state index in [0.29, 0.717) is 0 Å². The number of rotatable bonds is 4. The summed E-state index contributed by atoms with van der Waals surface area (Å²) in [4.78, 5) is 2.42. The van der Waals surface area contributed by atoms with Crippen molar-refractivity contribution >= 4 is 17.1 Å². The molecule has 4 aromatic rings. The maximum atomic E-state index is 14.7. The van der Waals surface area contributed by atoms with E-state index in [-0.39, 0.29) is 11.7 Å². The summed E-state index contributed by atoms with van der Waals surface area (Å²) in [6.07, 6.45) is 0.799. The maximum absolute atomic E-state index is 14.7. The average molecular weight is 450 g/mol. The number of nitrogens with one attached hydrogen (secondary N) is 2. The molecule has 34 heavy (non-hydrogen) atoms. The summed E-state index contributed by atoms with van der Waals surface area (Å²) in [5.74, 6) is -0.102. The quantitative estimate of drug-likeness (QED) is 0.381. The zero-order valence-corrected chi connectivity index (χ0v) is 19.1. The van der Waals surface area contributed by atoms with Crippen LogP contribution in [0.15, 0.2) is 91.0 Å². The van der Waals surface area contributed by atoms with Gasteiger partial charge in [-0.3, -0.25) is 0 Å². The Hall–Kier alpha value is -3.63. The first kappa shape index (κ1) is 20.9. The molecule has 0 saturated carbocycles. The van der Waals surface area contributed by atoms with E-state index in [4.69, 9.17) is 0 Å². The molecular formula is C30H28FN3. The Bertz CT molecular complexity index is 1310. The summed E-state index contributed by atoms with van der Waals surface area (Å²) in [5, 5.41) is 6.98. The fraction of sp³-hybridized carbons (Fsp3) is 0.200. The normalized spacial score (nSPS) is 17.1. The molecule has 1 aliphatic carbocycles. The number of fused-ring (bicyclic) bond motifs is 3. The summed E-state index contributed by atoms with van der Waals surface area (Å²) < 4.78 is 14.7. The highest BCUT2D eigenvalue weighted by Crippen LogP contribution is 2.44. The monoisotopic (exact) mass is 449 g/mol. The lowest BCUT2D eigenvalue weighted by atomic mass is 9.75. The molecule has 6 rings (SSSR count). The van der Waals surface area contributed by atoms with Crippen molar-refractivity contribution < 1.29 is 4.39 Å². The highest BCUT2D eigenvalue weighted by Gasteiger charge is 2.27. The summed E-state index contributed by atoms with van der Waals surface area (Å²) >= 11 is 0. The molecule has 1 saturated heterocycles. The molecule has 170 valence electrons. The van der Waals surface area contributed by atoms with Crippen LogP contribution in [0, 0.1) is 5.82 Å². The Morgan fingerprint density at radius 3 is 2.24 bits per heavy atom. The van der Waals surface area contributed by atoms with Crippen molar-refractivity contribution in [3.63, 3.8) is 0 Å². The first-order valence-electron chi connectivity index (χ1n) is 12.1. The van der Waals surface area contributed by atoms with E-state index >= 15 is 0 Å². The third kappa shape index (κ3) is 3.95. The summed E-state index contributed by atoms with van der Waals surface area (Å²) in [6.45, 7) is 4.17. The Morgan fingerprint density at radius 1 is 0.735 bits per heavy atom. The number of halogens is 1. The van der Waals surface area contributed by atoms with Crippen LogP contribution in [0.2, 0.25) is 0 Å². The van der Waals surface area contributed by atoms with Gasteiger partial charge in [-0.2, -0.15) is 0 Å². The van der Waals surface area contributed by atoms with Gasteiger partial charge in [-0.1, -0.05) is 48.5 Å². The second-order valence-electron chi connectivity index (χ2n) is 9.15. The maximum Gasteiger partial charge on any atom is 0.127 e. The number of nitrogens with zero attached hydrogens (tertiary/aromatic N) is 1. The second kappa shape index (κ2) is 8.96. The molecule has 0 radical (unpaired) electrons. The van der Waals surface area contributed by atoms with Gasteiger partial charge in [0.15, 0.2) is 0 Å². The van der Waals surface area contributed by atoms with Crippen molar-refractivity contribution in [3.8, 4) is 11.1 Å². The fourth-order valence-corrected chi connectivity index (χ4v) is 5.34. The zero-order valence-electron chi connectivity index (χ0n) is 19.1. The summed E-state index contributed by atoms with van der Waals surface area (Å²) in [5.41, 5.74) is 9.04. The van der Waals surface area contributed by atoms with Gasteiger partial charge < -0.3 is 15.5 Å². The van der Waals surface area contributed by atoms with Gasteiger partial charge in [-0.25, -0.2) is 4.39 Å². The Labute approximate surface area is 200 Å². The standard InChI is InChI=1S/C30H28FN3/c31-30-8-4-3-7-27(30)29-19-21-9-10-23(20-28(21)25-5-1-2-6-26(25)29)33-22-11-13-24(14-12-22)34-17-15-32-16-18-34/h1-14,20,29,32-33H,15-19H2/t29-/m1/s1. The van der Waals surface area contributed by atoms with Gasteiger partial charge >= 0.3 is 0 Å². The number of benzene rings is 4. The third-order valence-electron chi connectivity index (χ3n) is 7.08. The number of piperazine rings is 1. The van der Waals surface area contributed by atoms with Gasteiger partial charge in [0.1, 0.15) is 5.82 Å². The van der Waals surface area contributed by atoms with Crippen molar-refractivity contribution in [1.29, 1.82) is 0 Å². The van der Waals surface area contributed by atoms with Crippen LogP contribution < -0.4 is 15.5 Å². The molecule has 1 aliphatic heterocycles. The lowest BCUT2D eigenvalue weighted by molar-refractivity contribution is 0.589. The van der Waals surface area contributed by atoms with Crippen LogP contribution in [0.5, 0.6) is 0 Å². The van der Waals surface area contributed by atoms with Crippen molar-refractivity contribution in [2.75, 3.05) is 36.4 Å². The van der Waals surface area contributed by atoms with Crippen LogP contribution in [0.3, 0.4) is 0 Å². The lowest BCUT2D eigenvalue weighted by Crippen LogP contribution is -2.43. The molecule has 0 amide bonds. The lowest BCUT2D eigenvalue weighted by Gasteiger charge is -2.29. The number of hydrogen-bond acceptors (Lipinski definition) is 3. The minimum absolute atomic E-state index is 0.0289. The van der Waals surface area contributed by atoms with Gasteiger partial charge in [0, 0.05) is 49.2 Å². The van der Waals surface area contributed by atoms with Gasteiger partial charge in [0.05, 0.1) is 0 Å². The zero-order chi connectivity index (χ0) is 22.9. The molecule has 2 aliphatic rings. The molecular weight excluding hydrogens is 421 g/mol. The minimum atomic E-state index is -0.131. The largest absolute Gasteiger partial charge is 0.369 e. The van der Waals surface area contributed by atoms with Crippen LogP contribution in [0.25, 0.3) is 11.1 Å². The molecule has 1 fully saturated rings. The van der Waals surface area contributed by atoms with Crippen LogP contribution in [0.4, 0.5) is 21.5 Å². The third-order valence-corrected chi connectivity index (χ3v) is 7.08. The highest BCUT2D eigenvalue weighted by atomic mass is 19.1. The first-order chi connectivity index (χ1) is 16.8. The van der Waals surface area contributed by atoms with Crippen molar-refractivity contribution in [3.05, 3.63) is 114 Å². The molecule has 2 N–H and O–H groups in total. The van der Waals surface area contributed by atoms with Gasteiger partial charge in [-0.05, 0) is 76.7 Å². The molecule has 1 atom stereocenters. The van der Waals surface area contributed by atoms with E-state index in [1.807, 2.05) is 12.1 Å². The smallest absolute Gasteiger partial charge is 0.127 e. The van der Waals surface area contributed by atoms with E-state index in [1.165, 1.54) is 27.9 Å². The molecule has 3 nitrogen and oxygen atoms in total. The number of anilines is 3. The van der Waals surface area contributed by atoms with Gasteiger partial charge in [-0.15, -0.1) is 0 Å². The summed E-state index contributed by atoms with van der Waals surface area (Å²) in [7, 11) is 0. The van der Waals surface area contributed by atoms with Crippen LogP contribution in [0.1, 0.15) is 22.6 Å². The summed E-state index contributed by atoms with van der Waals surface area (Å²) in [6, 6.07) is 30.8. The minimum Gasteiger partial charge on any atom is -0.369 e. The number of hydrogen-bond donors (Lipinski definition) is 2.